The summed E-state index contributed by atoms with van der Waals surface area (Å²) in [7, 11) is 0. The number of nitro groups is 1. The number of amides is 1. The highest BCUT2D eigenvalue weighted by molar-refractivity contribution is 9.10. The number of halogens is 1. The fraction of sp³-hybridized carbons (Fsp3) is 0.0667. The zero-order valence-corrected chi connectivity index (χ0v) is 13.2. The maximum Gasteiger partial charge on any atom is 0.271 e. The summed E-state index contributed by atoms with van der Waals surface area (Å²) in [5, 5.41) is 14.7. The van der Waals surface area contributed by atoms with Gasteiger partial charge < -0.3 is 0 Å². The highest BCUT2D eigenvalue weighted by atomic mass is 79.9. The summed E-state index contributed by atoms with van der Waals surface area (Å²) < 4.78 is 0.949. The van der Waals surface area contributed by atoms with Crippen LogP contribution in [0, 0.1) is 10.1 Å². The van der Waals surface area contributed by atoms with Gasteiger partial charge in [-0.2, -0.15) is 5.10 Å². The number of hydrazone groups is 1. The van der Waals surface area contributed by atoms with Gasteiger partial charge in [0.25, 0.3) is 11.6 Å². The lowest BCUT2D eigenvalue weighted by Crippen LogP contribution is -2.19. The quantitative estimate of drug-likeness (QED) is 0.513. The van der Waals surface area contributed by atoms with Crippen LogP contribution in [0.5, 0.6) is 0 Å². The van der Waals surface area contributed by atoms with E-state index in [1.807, 2.05) is 24.3 Å². The van der Waals surface area contributed by atoms with Crippen molar-refractivity contribution >= 4 is 33.2 Å². The second-order valence-electron chi connectivity index (χ2n) is 4.45. The molecule has 0 saturated heterocycles. The van der Waals surface area contributed by atoms with Gasteiger partial charge in [-0.25, -0.2) is 5.43 Å². The van der Waals surface area contributed by atoms with Crippen LogP contribution < -0.4 is 5.43 Å². The lowest BCUT2D eigenvalue weighted by Gasteiger charge is -2.03. The van der Waals surface area contributed by atoms with Crippen LogP contribution in [0.4, 0.5) is 5.69 Å². The molecule has 2 aromatic rings. The van der Waals surface area contributed by atoms with Crippen LogP contribution in [-0.4, -0.2) is 16.5 Å². The summed E-state index contributed by atoms with van der Waals surface area (Å²) in [6.07, 6.45) is 0. The molecule has 0 bridgehead atoms. The van der Waals surface area contributed by atoms with Crippen molar-refractivity contribution in [2.24, 2.45) is 5.10 Å². The van der Waals surface area contributed by atoms with E-state index in [1.54, 1.807) is 6.92 Å². The highest BCUT2D eigenvalue weighted by Crippen LogP contribution is 2.13. The van der Waals surface area contributed by atoms with Gasteiger partial charge in [-0.05, 0) is 30.7 Å². The van der Waals surface area contributed by atoms with E-state index in [0.29, 0.717) is 5.71 Å². The van der Waals surface area contributed by atoms with Crippen molar-refractivity contribution in [1.82, 2.24) is 5.43 Å². The van der Waals surface area contributed by atoms with E-state index in [1.165, 1.54) is 24.3 Å². The highest BCUT2D eigenvalue weighted by Gasteiger charge is 2.11. The predicted octanol–water partition coefficient (Wildman–Crippen LogP) is 3.51. The Labute approximate surface area is 135 Å². The molecule has 0 heterocycles. The fourth-order valence-electron chi connectivity index (χ4n) is 1.72. The number of hydrogen-bond donors (Lipinski definition) is 1. The second kappa shape index (κ2) is 6.95. The van der Waals surface area contributed by atoms with Gasteiger partial charge in [-0.15, -0.1) is 0 Å². The van der Waals surface area contributed by atoms with Gasteiger partial charge in [-0.3, -0.25) is 14.9 Å². The van der Waals surface area contributed by atoms with E-state index in [2.05, 4.69) is 26.5 Å². The van der Waals surface area contributed by atoms with Gasteiger partial charge in [0.1, 0.15) is 0 Å². The van der Waals surface area contributed by atoms with Gasteiger partial charge in [0.05, 0.1) is 10.6 Å². The number of nitro benzene ring substituents is 1. The van der Waals surface area contributed by atoms with E-state index >= 15 is 0 Å². The smallest absolute Gasteiger partial charge is 0.267 e. The molecule has 0 aliphatic rings. The Bertz CT molecular complexity index is 742. The minimum Gasteiger partial charge on any atom is -0.267 e. The standard InChI is InChI=1S/C15H12BrN3O3/c1-10(11-5-7-13(16)8-6-11)17-18-15(20)12-3-2-4-14(9-12)19(21)22/h2-9H,1H3,(H,18,20)/b17-10-. The molecule has 7 heteroatoms. The van der Waals surface area contributed by atoms with E-state index < -0.39 is 10.8 Å². The van der Waals surface area contributed by atoms with Gasteiger partial charge in [0.15, 0.2) is 0 Å². The Morgan fingerprint density at radius 1 is 1.18 bits per heavy atom. The summed E-state index contributed by atoms with van der Waals surface area (Å²) in [6, 6.07) is 13.0. The van der Waals surface area contributed by atoms with Crippen LogP contribution in [0.3, 0.4) is 0 Å². The van der Waals surface area contributed by atoms with Crippen molar-refractivity contribution in [3.8, 4) is 0 Å². The number of hydrogen-bond acceptors (Lipinski definition) is 4. The number of nitrogens with one attached hydrogen (secondary N) is 1. The SMILES string of the molecule is C/C(=N/NC(=O)c1cccc([N+](=O)[O-])c1)c1ccc(Br)cc1. The zero-order valence-electron chi connectivity index (χ0n) is 11.6. The topological polar surface area (TPSA) is 84.6 Å². The molecule has 0 spiro atoms. The third-order valence-electron chi connectivity index (χ3n) is 2.91. The van der Waals surface area contributed by atoms with Crippen molar-refractivity contribution < 1.29 is 9.72 Å². The third kappa shape index (κ3) is 3.98. The maximum absolute atomic E-state index is 12.0. The monoisotopic (exact) mass is 361 g/mol. The number of nitrogens with zero attached hydrogens (tertiary/aromatic N) is 2. The van der Waals surface area contributed by atoms with E-state index in [0.717, 1.165) is 10.0 Å². The van der Waals surface area contributed by atoms with Crippen molar-refractivity contribution in [3.63, 3.8) is 0 Å². The lowest BCUT2D eigenvalue weighted by molar-refractivity contribution is -0.384. The summed E-state index contributed by atoms with van der Waals surface area (Å²) in [5.41, 5.74) is 3.93. The molecular weight excluding hydrogens is 350 g/mol. The molecule has 0 unspecified atom stereocenters. The molecule has 0 aromatic heterocycles. The molecule has 0 atom stereocenters. The Morgan fingerprint density at radius 3 is 2.50 bits per heavy atom. The third-order valence-corrected chi connectivity index (χ3v) is 3.43. The number of carbonyl (C=O) groups excluding carboxylic acids is 1. The second-order valence-corrected chi connectivity index (χ2v) is 5.37. The van der Waals surface area contributed by atoms with Gasteiger partial charge >= 0.3 is 0 Å². The van der Waals surface area contributed by atoms with Crippen LogP contribution in [0.2, 0.25) is 0 Å². The Balaban J connectivity index is 2.11. The van der Waals surface area contributed by atoms with Crippen LogP contribution in [0.25, 0.3) is 0 Å². The first-order valence-corrected chi connectivity index (χ1v) is 7.11. The van der Waals surface area contributed by atoms with Gasteiger partial charge in [0, 0.05) is 22.2 Å². The zero-order chi connectivity index (χ0) is 16.1. The predicted molar refractivity (Wildman–Crippen MR) is 86.9 cm³/mol. The number of benzene rings is 2. The number of non-ortho nitro benzene ring substituents is 1. The molecule has 22 heavy (non-hydrogen) atoms. The van der Waals surface area contributed by atoms with E-state index in [9.17, 15) is 14.9 Å². The van der Waals surface area contributed by atoms with E-state index in [-0.39, 0.29) is 11.3 Å². The first kappa shape index (κ1) is 15.8. The Morgan fingerprint density at radius 2 is 1.86 bits per heavy atom. The molecule has 0 saturated carbocycles. The van der Waals surface area contributed by atoms with Crippen LogP contribution in [-0.2, 0) is 0 Å². The Kier molecular flexibility index (Phi) is 5.00. The molecule has 2 rings (SSSR count). The molecule has 6 nitrogen and oxygen atoms in total. The normalized spacial score (nSPS) is 11.1. The van der Waals surface area contributed by atoms with Crippen LogP contribution in [0.1, 0.15) is 22.8 Å². The molecule has 112 valence electrons. The first-order valence-electron chi connectivity index (χ1n) is 6.32. The van der Waals surface area contributed by atoms with E-state index in [4.69, 9.17) is 0 Å². The van der Waals surface area contributed by atoms with Gasteiger partial charge in [-0.1, -0.05) is 34.1 Å². The summed E-state index contributed by atoms with van der Waals surface area (Å²) >= 11 is 3.34. The molecular formula is C15H12BrN3O3. The molecule has 2 aromatic carbocycles. The summed E-state index contributed by atoms with van der Waals surface area (Å²) in [4.78, 5) is 22.1. The fourth-order valence-corrected chi connectivity index (χ4v) is 1.98. The first-order chi connectivity index (χ1) is 10.5. The maximum atomic E-state index is 12.0. The lowest BCUT2D eigenvalue weighted by atomic mass is 10.1. The average Bonchev–Trinajstić information content (AvgIpc) is 2.53. The molecule has 1 N–H and O–H groups in total. The minimum atomic E-state index is -0.548. The molecule has 0 aliphatic heterocycles. The number of rotatable bonds is 4. The number of carbonyl (C=O) groups is 1. The largest absolute Gasteiger partial charge is 0.271 e. The van der Waals surface area contributed by atoms with Gasteiger partial charge in [0.2, 0.25) is 0 Å². The van der Waals surface area contributed by atoms with Crippen molar-refractivity contribution in [3.05, 3.63) is 74.2 Å². The summed E-state index contributed by atoms with van der Waals surface area (Å²) in [5.74, 6) is -0.500. The minimum absolute atomic E-state index is 0.138. The molecule has 0 aliphatic carbocycles. The molecule has 0 radical (unpaired) electrons. The molecule has 0 fully saturated rings. The van der Waals surface area contributed by atoms with Crippen molar-refractivity contribution in [2.45, 2.75) is 6.92 Å². The van der Waals surface area contributed by atoms with Crippen molar-refractivity contribution in [1.29, 1.82) is 0 Å². The van der Waals surface area contributed by atoms with Crippen LogP contribution in [0.15, 0.2) is 58.1 Å². The Hall–Kier alpha value is -2.54. The van der Waals surface area contributed by atoms with Crippen molar-refractivity contribution in [2.75, 3.05) is 0 Å². The average molecular weight is 362 g/mol. The van der Waals surface area contributed by atoms with Crippen LogP contribution >= 0.6 is 15.9 Å². The molecule has 1 amide bonds. The summed E-state index contributed by atoms with van der Waals surface area (Å²) in [6.45, 7) is 1.76.